The maximum atomic E-state index is 9.75. The van der Waals surface area contributed by atoms with Crippen LogP contribution >= 0.6 is 0 Å². The van der Waals surface area contributed by atoms with E-state index in [1.54, 1.807) is 0 Å². The van der Waals surface area contributed by atoms with E-state index in [-0.39, 0.29) is 12.2 Å². The highest BCUT2D eigenvalue weighted by atomic mass is 16.6. The summed E-state index contributed by atoms with van der Waals surface area (Å²) in [5.74, 6) is 2.07. The molecule has 0 saturated carbocycles. The average Bonchev–Trinajstić information content (AvgIpc) is 2.47. The smallest absolute Gasteiger partial charge is 0.161 e. The van der Waals surface area contributed by atoms with Gasteiger partial charge in [0.1, 0.15) is 12.7 Å². The summed E-state index contributed by atoms with van der Waals surface area (Å²) >= 11 is 0. The van der Waals surface area contributed by atoms with E-state index in [0.29, 0.717) is 12.5 Å². The van der Waals surface area contributed by atoms with Crippen LogP contribution in [-0.2, 0) is 0 Å². The number of rotatable bonds is 3. The fraction of sp³-hybridized carbons (Fsp3) is 0.625. The van der Waals surface area contributed by atoms with Crippen molar-refractivity contribution >= 4 is 0 Å². The molecule has 0 aliphatic carbocycles. The summed E-state index contributed by atoms with van der Waals surface area (Å²) in [7, 11) is 0. The van der Waals surface area contributed by atoms with Crippen molar-refractivity contribution in [1.82, 2.24) is 4.90 Å². The third-order valence-electron chi connectivity index (χ3n) is 4.25. The van der Waals surface area contributed by atoms with Crippen molar-refractivity contribution < 1.29 is 14.6 Å². The van der Waals surface area contributed by atoms with Crippen LogP contribution in [0.3, 0.4) is 0 Å². The van der Waals surface area contributed by atoms with Crippen LogP contribution in [0.5, 0.6) is 11.5 Å². The van der Waals surface area contributed by atoms with Crippen LogP contribution in [0.4, 0.5) is 0 Å². The van der Waals surface area contributed by atoms with Crippen LogP contribution in [0.25, 0.3) is 0 Å². The van der Waals surface area contributed by atoms with Crippen LogP contribution in [-0.4, -0.2) is 48.5 Å². The summed E-state index contributed by atoms with van der Waals surface area (Å²) in [6.45, 7) is 5.42. The van der Waals surface area contributed by atoms with Gasteiger partial charge in [-0.1, -0.05) is 12.1 Å². The number of ether oxygens (including phenoxy) is 2. The number of piperidine rings is 1. The molecule has 2 heterocycles. The lowest BCUT2D eigenvalue weighted by atomic mass is 9.93. The maximum Gasteiger partial charge on any atom is 0.161 e. The number of aliphatic hydroxyl groups is 1. The summed E-state index contributed by atoms with van der Waals surface area (Å²) in [6.07, 6.45) is 2.14. The molecule has 3 atom stereocenters. The molecule has 1 saturated heterocycles. The molecule has 4 heteroatoms. The maximum absolute atomic E-state index is 9.75. The molecule has 1 fully saturated rings. The van der Waals surface area contributed by atoms with Gasteiger partial charge in [-0.15, -0.1) is 0 Å². The number of fused-ring (bicyclic) bond motifs is 1. The van der Waals surface area contributed by atoms with Crippen molar-refractivity contribution in [3.8, 4) is 11.5 Å². The van der Waals surface area contributed by atoms with Gasteiger partial charge >= 0.3 is 0 Å². The van der Waals surface area contributed by atoms with Crippen molar-refractivity contribution in [2.75, 3.05) is 26.2 Å². The third kappa shape index (κ3) is 3.07. The van der Waals surface area contributed by atoms with E-state index < -0.39 is 0 Å². The molecular formula is C16H23NO3. The Hall–Kier alpha value is -1.26. The van der Waals surface area contributed by atoms with E-state index in [9.17, 15) is 5.11 Å². The highest BCUT2D eigenvalue weighted by Gasteiger charge is 2.28. The third-order valence-corrected chi connectivity index (χ3v) is 4.25. The molecule has 0 radical (unpaired) electrons. The highest BCUT2D eigenvalue weighted by Crippen LogP contribution is 2.31. The molecule has 3 unspecified atom stereocenters. The molecule has 2 aliphatic heterocycles. The number of para-hydroxylation sites is 2. The minimum Gasteiger partial charge on any atom is -0.486 e. The lowest BCUT2D eigenvalue weighted by molar-refractivity contribution is 0.0217. The van der Waals surface area contributed by atoms with Gasteiger partial charge in [0.2, 0.25) is 0 Å². The molecule has 0 amide bonds. The molecule has 2 aliphatic rings. The van der Waals surface area contributed by atoms with Crippen LogP contribution in [0.15, 0.2) is 24.3 Å². The molecule has 0 aromatic heterocycles. The zero-order valence-electron chi connectivity index (χ0n) is 12.0. The number of benzene rings is 1. The molecule has 0 bridgehead atoms. The first-order chi connectivity index (χ1) is 9.72. The minimum atomic E-state index is -0.220. The Morgan fingerprint density at radius 3 is 2.95 bits per heavy atom. The SMILES string of the molecule is CC(O)C1CCCN(CC2COc3ccccc3O2)C1. The topological polar surface area (TPSA) is 41.9 Å². The first-order valence-corrected chi connectivity index (χ1v) is 7.51. The molecule has 4 nitrogen and oxygen atoms in total. The lowest BCUT2D eigenvalue weighted by Crippen LogP contribution is -2.46. The van der Waals surface area contributed by atoms with Crippen LogP contribution in [0.1, 0.15) is 19.8 Å². The molecule has 0 spiro atoms. The normalized spacial score (nSPS) is 28.1. The number of hydrogen-bond acceptors (Lipinski definition) is 4. The van der Waals surface area contributed by atoms with Gasteiger partial charge in [0.05, 0.1) is 6.10 Å². The molecule has 3 rings (SSSR count). The van der Waals surface area contributed by atoms with Crippen LogP contribution in [0.2, 0.25) is 0 Å². The van der Waals surface area contributed by atoms with E-state index >= 15 is 0 Å². The second-order valence-corrected chi connectivity index (χ2v) is 5.90. The van der Waals surface area contributed by atoms with Gasteiger partial charge in [-0.25, -0.2) is 0 Å². The van der Waals surface area contributed by atoms with E-state index in [1.165, 1.54) is 0 Å². The lowest BCUT2D eigenvalue weighted by Gasteiger charge is -2.37. The van der Waals surface area contributed by atoms with Gasteiger partial charge in [-0.05, 0) is 44.4 Å². The Labute approximate surface area is 120 Å². The predicted octanol–water partition coefficient (Wildman–Crippen LogP) is 1.92. The highest BCUT2D eigenvalue weighted by molar-refractivity contribution is 5.40. The molecule has 1 N–H and O–H groups in total. The fourth-order valence-electron chi connectivity index (χ4n) is 3.09. The van der Waals surface area contributed by atoms with E-state index in [0.717, 1.165) is 44.0 Å². The van der Waals surface area contributed by atoms with E-state index in [2.05, 4.69) is 4.90 Å². The standard InChI is InChI=1S/C16H23NO3/c1-12(18)13-5-4-8-17(9-13)10-14-11-19-15-6-2-3-7-16(15)20-14/h2-3,6-7,12-14,18H,4-5,8-11H2,1H3. The summed E-state index contributed by atoms with van der Waals surface area (Å²) in [5.41, 5.74) is 0. The number of hydrogen-bond donors (Lipinski definition) is 1. The molecule has 1 aromatic carbocycles. The Morgan fingerprint density at radius 1 is 1.35 bits per heavy atom. The van der Waals surface area contributed by atoms with Crippen molar-refractivity contribution in [3.05, 3.63) is 24.3 Å². The van der Waals surface area contributed by atoms with Gasteiger partial charge in [-0.3, -0.25) is 4.90 Å². The number of aliphatic hydroxyl groups excluding tert-OH is 1. The first kappa shape index (κ1) is 13.7. The summed E-state index contributed by atoms with van der Waals surface area (Å²) in [6, 6.07) is 7.82. The van der Waals surface area contributed by atoms with Crippen molar-refractivity contribution in [2.24, 2.45) is 5.92 Å². The second-order valence-electron chi connectivity index (χ2n) is 5.90. The average molecular weight is 277 g/mol. The quantitative estimate of drug-likeness (QED) is 0.916. The predicted molar refractivity (Wildman–Crippen MR) is 77.2 cm³/mol. The minimum absolute atomic E-state index is 0.0812. The Morgan fingerprint density at radius 2 is 2.15 bits per heavy atom. The molecule has 1 aromatic rings. The van der Waals surface area contributed by atoms with Gasteiger partial charge in [-0.2, -0.15) is 0 Å². The molecular weight excluding hydrogens is 254 g/mol. The van der Waals surface area contributed by atoms with Gasteiger partial charge < -0.3 is 14.6 Å². The summed E-state index contributed by atoms with van der Waals surface area (Å²) < 4.78 is 11.8. The van der Waals surface area contributed by atoms with E-state index in [4.69, 9.17) is 9.47 Å². The Balaban J connectivity index is 1.57. The monoisotopic (exact) mass is 277 g/mol. The largest absolute Gasteiger partial charge is 0.486 e. The van der Waals surface area contributed by atoms with Crippen LogP contribution < -0.4 is 9.47 Å². The Kier molecular flexibility index (Phi) is 4.13. The van der Waals surface area contributed by atoms with Gasteiger partial charge in [0, 0.05) is 13.1 Å². The first-order valence-electron chi connectivity index (χ1n) is 7.51. The van der Waals surface area contributed by atoms with Crippen molar-refractivity contribution in [3.63, 3.8) is 0 Å². The molecule has 20 heavy (non-hydrogen) atoms. The van der Waals surface area contributed by atoms with Gasteiger partial charge in [0.25, 0.3) is 0 Å². The zero-order chi connectivity index (χ0) is 13.9. The van der Waals surface area contributed by atoms with Crippen molar-refractivity contribution in [2.45, 2.75) is 32.0 Å². The van der Waals surface area contributed by atoms with Crippen molar-refractivity contribution in [1.29, 1.82) is 0 Å². The Bertz CT molecular complexity index is 449. The fourth-order valence-corrected chi connectivity index (χ4v) is 3.09. The van der Waals surface area contributed by atoms with Gasteiger partial charge in [0.15, 0.2) is 11.5 Å². The van der Waals surface area contributed by atoms with E-state index in [1.807, 2.05) is 31.2 Å². The molecule has 110 valence electrons. The second kappa shape index (κ2) is 6.02. The van der Waals surface area contributed by atoms with Crippen LogP contribution in [0, 0.1) is 5.92 Å². The number of likely N-dealkylation sites (tertiary alicyclic amines) is 1. The zero-order valence-corrected chi connectivity index (χ0v) is 12.0. The number of nitrogens with zero attached hydrogens (tertiary/aromatic N) is 1. The summed E-state index contributed by atoms with van der Waals surface area (Å²) in [5, 5.41) is 9.75. The summed E-state index contributed by atoms with van der Waals surface area (Å²) in [4.78, 5) is 2.39.